The molecule has 0 saturated carbocycles. The predicted octanol–water partition coefficient (Wildman–Crippen LogP) is 3.23. The van der Waals surface area contributed by atoms with Crippen molar-refractivity contribution in [2.75, 3.05) is 0 Å². The molecule has 2 aromatic heterocycles. The van der Waals surface area contributed by atoms with Gasteiger partial charge in [0.2, 0.25) is 0 Å². The maximum Gasteiger partial charge on any atom is 0.160 e. The molecule has 0 aromatic carbocycles. The second kappa shape index (κ2) is 4.62. The molecule has 88 valence electrons. The van der Waals surface area contributed by atoms with Gasteiger partial charge in [0, 0.05) is 30.4 Å². The molecule has 0 spiro atoms. The molecule has 0 aliphatic carbocycles. The zero-order valence-electron chi connectivity index (χ0n) is 10.5. The van der Waals surface area contributed by atoms with Gasteiger partial charge in [0.15, 0.2) is 5.82 Å². The number of rotatable bonds is 3. The first-order valence-corrected chi connectivity index (χ1v) is 5.86. The minimum absolute atomic E-state index is 0.132. The van der Waals surface area contributed by atoms with Crippen molar-refractivity contribution >= 4 is 0 Å². The van der Waals surface area contributed by atoms with Crippen LogP contribution in [0.15, 0.2) is 36.9 Å². The van der Waals surface area contributed by atoms with Crippen molar-refractivity contribution in [3.63, 3.8) is 0 Å². The van der Waals surface area contributed by atoms with E-state index in [1.165, 1.54) is 5.56 Å². The van der Waals surface area contributed by atoms with Gasteiger partial charge in [-0.3, -0.25) is 4.98 Å². The van der Waals surface area contributed by atoms with Gasteiger partial charge in [0.1, 0.15) is 0 Å². The Balaban J connectivity index is 2.31. The minimum atomic E-state index is 0.132. The maximum atomic E-state index is 4.41. The van der Waals surface area contributed by atoms with Gasteiger partial charge in [-0.1, -0.05) is 20.8 Å². The average Bonchev–Trinajstić information content (AvgIpc) is 2.40. The summed E-state index contributed by atoms with van der Waals surface area (Å²) in [6, 6.07) is 3.86. The summed E-state index contributed by atoms with van der Waals surface area (Å²) in [7, 11) is 0. The summed E-state index contributed by atoms with van der Waals surface area (Å²) in [5.74, 6) is 0.730. The highest BCUT2D eigenvalue weighted by Gasteiger charge is 2.18. The first-order valence-electron chi connectivity index (χ1n) is 5.86. The average molecular weight is 227 g/mol. The van der Waals surface area contributed by atoms with Crippen LogP contribution in [0.5, 0.6) is 0 Å². The van der Waals surface area contributed by atoms with Gasteiger partial charge in [0.25, 0.3) is 0 Å². The maximum absolute atomic E-state index is 4.41. The number of hydrogen-bond donors (Lipinski definition) is 0. The van der Waals surface area contributed by atoms with Crippen LogP contribution in [0, 0.1) is 0 Å². The molecule has 3 nitrogen and oxygen atoms in total. The van der Waals surface area contributed by atoms with E-state index in [-0.39, 0.29) is 5.41 Å². The third-order valence-electron chi connectivity index (χ3n) is 3.24. The summed E-state index contributed by atoms with van der Waals surface area (Å²) in [6.45, 7) is 6.58. The van der Waals surface area contributed by atoms with Crippen LogP contribution in [0.3, 0.4) is 0 Å². The smallest absolute Gasteiger partial charge is 0.160 e. The van der Waals surface area contributed by atoms with Crippen LogP contribution < -0.4 is 0 Å². The molecule has 0 fully saturated rings. The molecule has 0 atom stereocenters. The van der Waals surface area contributed by atoms with Gasteiger partial charge in [-0.05, 0) is 29.5 Å². The van der Waals surface area contributed by atoms with E-state index >= 15 is 0 Å². The molecule has 17 heavy (non-hydrogen) atoms. The lowest BCUT2D eigenvalue weighted by Gasteiger charge is -2.22. The van der Waals surface area contributed by atoms with Gasteiger partial charge in [-0.25, -0.2) is 9.97 Å². The summed E-state index contributed by atoms with van der Waals surface area (Å²) in [6.07, 6.45) is 8.43. The first-order chi connectivity index (χ1) is 8.13. The van der Waals surface area contributed by atoms with Crippen molar-refractivity contribution in [2.24, 2.45) is 0 Å². The molecule has 0 amide bonds. The van der Waals surface area contributed by atoms with Crippen molar-refractivity contribution < 1.29 is 0 Å². The SMILES string of the molecule is CCC(C)(C)c1cnc(-c2cccnc2)nc1. The van der Waals surface area contributed by atoms with E-state index < -0.39 is 0 Å². The monoisotopic (exact) mass is 227 g/mol. The minimum Gasteiger partial charge on any atom is -0.264 e. The van der Waals surface area contributed by atoms with Crippen LogP contribution in [-0.4, -0.2) is 15.0 Å². The lowest BCUT2D eigenvalue weighted by molar-refractivity contribution is 0.502. The van der Waals surface area contributed by atoms with Crippen molar-refractivity contribution in [3.8, 4) is 11.4 Å². The van der Waals surface area contributed by atoms with Crippen LogP contribution in [-0.2, 0) is 5.41 Å². The molecule has 0 unspecified atom stereocenters. The molecule has 0 aliphatic heterocycles. The van der Waals surface area contributed by atoms with E-state index in [4.69, 9.17) is 0 Å². The molecule has 0 bridgehead atoms. The Morgan fingerprint density at radius 2 is 1.82 bits per heavy atom. The largest absolute Gasteiger partial charge is 0.264 e. The Hall–Kier alpha value is -1.77. The van der Waals surface area contributed by atoms with Gasteiger partial charge < -0.3 is 0 Å². The zero-order chi connectivity index (χ0) is 12.3. The second-order valence-corrected chi connectivity index (χ2v) is 4.77. The Morgan fingerprint density at radius 1 is 1.12 bits per heavy atom. The molecule has 3 heteroatoms. The topological polar surface area (TPSA) is 38.7 Å². The lowest BCUT2D eigenvalue weighted by atomic mass is 9.84. The van der Waals surface area contributed by atoms with E-state index in [1.807, 2.05) is 24.5 Å². The lowest BCUT2D eigenvalue weighted by Crippen LogP contribution is -2.16. The molecule has 2 aromatic rings. The fourth-order valence-electron chi connectivity index (χ4n) is 1.53. The van der Waals surface area contributed by atoms with Crippen molar-refractivity contribution in [1.29, 1.82) is 0 Å². The van der Waals surface area contributed by atoms with E-state index in [2.05, 4.69) is 35.7 Å². The van der Waals surface area contributed by atoms with E-state index in [0.717, 1.165) is 17.8 Å². The molecule has 0 saturated heterocycles. The van der Waals surface area contributed by atoms with E-state index in [9.17, 15) is 0 Å². The van der Waals surface area contributed by atoms with Gasteiger partial charge >= 0.3 is 0 Å². The third kappa shape index (κ3) is 2.49. The molecule has 2 heterocycles. The number of aromatic nitrogens is 3. The Bertz CT molecular complexity index is 475. The summed E-state index contributed by atoms with van der Waals surface area (Å²) in [5.41, 5.74) is 2.26. The van der Waals surface area contributed by atoms with Crippen LogP contribution in [0.1, 0.15) is 32.8 Å². The zero-order valence-corrected chi connectivity index (χ0v) is 10.5. The number of pyridine rings is 1. The Kier molecular flexibility index (Phi) is 3.18. The molecule has 0 aliphatic rings. The van der Waals surface area contributed by atoms with Crippen molar-refractivity contribution in [2.45, 2.75) is 32.6 Å². The van der Waals surface area contributed by atoms with E-state index in [0.29, 0.717) is 0 Å². The number of hydrogen-bond acceptors (Lipinski definition) is 3. The van der Waals surface area contributed by atoms with E-state index in [1.54, 1.807) is 12.4 Å². The highest BCUT2D eigenvalue weighted by atomic mass is 14.9. The quantitative estimate of drug-likeness (QED) is 0.808. The Labute approximate surface area is 102 Å². The second-order valence-electron chi connectivity index (χ2n) is 4.77. The molecular weight excluding hydrogens is 210 g/mol. The molecule has 2 rings (SSSR count). The fraction of sp³-hybridized carbons (Fsp3) is 0.357. The fourth-order valence-corrected chi connectivity index (χ4v) is 1.53. The highest BCUT2D eigenvalue weighted by molar-refractivity contribution is 5.52. The highest BCUT2D eigenvalue weighted by Crippen LogP contribution is 2.26. The van der Waals surface area contributed by atoms with Crippen LogP contribution in [0.4, 0.5) is 0 Å². The normalized spacial score (nSPS) is 11.5. The molecule has 0 radical (unpaired) electrons. The van der Waals surface area contributed by atoms with Gasteiger partial charge in [0.05, 0.1) is 0 Å². The van der Waals surface area contributed by atoms with Gasteiger partial charge in [-0.2, -0.15) is 0 Å². The molecular formula is C14H17N3. The standard InChI is InChI=1S/C14H17N3/c1-4-14(2,3)12-9-16-13(17-10-12)11-6-5-7-15-8-11/h5-10H,4H2,1-3H3. The van der Waals surface area contributed by atoms with Crippen LogP contribution in [0.2, 0.25) is 0 Å². The van der Waals surface area contributed by atoms with Crippen molar-refractivity contribution in [3.05, 3.63) is 42.5 Å². The molecule has 0 N–H and O–H groups in total. The summed E-state index contributed by atoms with van der Waals surface area (Å²) >= 11 is 0. The Morgan fingerprint density at radius 3 is 2.35 bits per heavy atom. The first kappa shape index (κ1) is 11.7. The summed E-state index contributed by atoms with van der Waals surface area (Å²) in [5, 5.41) is 0. The van der Waals surface area contributed by atoms with Crippen LogP contribution in [0.25, 0.3) is 11.4 Å². The van der Waals surface area contributed by atoms with Gasteiger partial charge in [-0.15, -0.1) is 0 Å². The van der Waals surface area contributed by atoms with Crippen LogP contribution >= 0.6 is 0 Å². The third-order valence-corrected chi connectivity index (χ3v) is 3.24. The summed E-state index contributed by atoms with van der Waals surface area (Å²) in [4.78, 5) is 12.9. The summed E-state index contributed by atoms with van der Waals surface area (Å²) < 4.78 is 0. The number of nitrogens with zero attached hydrogens (tertiary/aromatic N) is 3. The predicted molar refractivity (Wildman–Crippen MR) is 68.6 cm³/mol. The van der Waals surface area contributed by atoms with Crippen molar-refractivity contribution in [1.82, 2.24) is 15.0 Å².